The zero-order valence-electron chi connectivity index (χ0n) is 21.4. The van der Waals surface area contributed by atoms with E-state index in [0.29, 0.717) is 4.57 Å². The molecule has 222 valence electrons. The molecule has 2 heterocycles. The van der Waals surface area contributed by atoms with Gasteiger partial charge in [-0.3, -0.25) is 18.9 Å². The van der Waals surface area contributed by atoms with Crippen molar-refractivity contribution in [2.45, 2.75) is 69.3 Å². The van der Waals surface area contributed by atoms with Crippen molar-refractivity contribution in [3.63, 3.8) is 0 Å². The summed E-state index contributed by atoms with van der Waals surface area (Å²) in [7, 11) is -5.15. The Kier molecular flexibility index (Phi) is 8.82. The highest BCUT2D eigenvalue weighted by atomic mass is 31.2. The number of alkyl halides is 1. The summed E-state index contributed by atoms with van der Waals surface area (Å²) in [6.07, 6.45) is -2.05. The third kappa shape index (κ3) is 5.76. The van der Waals surface area contributed by atoms with Crippen LogP contribution in [0, 0.1) is 12.3 Å². The van der Waals surface area contributed by atoms with Crippen molar-refractivity contribution >= 4 is 20.1 Å². The Morgan fingerprint density at radius 2 is 1.68 bits per heavy atom. The molecule has 19 heteroatoms. The van der Waals surface area contributed by atoms with E-state index >= 15 is 4.39 Å². The molecule has 1 saturated carbocycles. The van der Waals surface area contributed by atoms with E-state index in [1.165, 1.54) is 27.7 Å². The third-order valence-electron chi connectivity index (χ3n) is 5.37. The highest BCUT2D eigenvalue weighted by molar-refractivity contribution is 7.48. The van der Waals surface area contributed by atoms with Gasteiger partial charge < -0.3 is 33.9 Å². The number of aromatic nitrogens is 2. The Morgan fingerprint density at radius 1 is 1.15 bits per heavy atom. The molecule has 1 saturated heterocycles. The average Bonchev–Trinajstić information content (AvgIpc) is 3.21. The molecular weight excluding hydrogens is 570 g/mol. The van der Waals surface area contributed by atoms with Crippen LogP contribution in [0.1, 0.15) is 33.9 Å². The Balaban J connectivity index is 1.81. The summed E-state index contributed by atoms with van der Waals surface area (Å²) >= 11 is 0. The molecule has 40 heavy (non-hydrogen) atoms. The van der Waals surface area contributed by atoms with Gasteiger partial charge in [0.2, 0.25) is 24.8 Å². The van der Waals surface area contributed by atoms with E-state index in [4.69, 9.17) is 24.7 Å². The number of rotatable bonds is 11. The van der Waals surface area contributed by atoms with Crippen molar-refractivity contribution in [1.82, 2.24) is 9.55 Å². The number of carbonyl (C=O) groups excluding carboxylic acids is 2. The molecule has 0 amide bonds. The van der Waals surface area contributed by atoms with E-state index in [2.05, 4.69) is 18.9 Å². The van der Waals surface area contributed by atoms with Gasteiger partial charge in [-0.05, 0) is 27.7 Å². The molecule has 1 aromatic heterocycles. The zero-order valence-corrected chi connectivity index (χ0v) is 22.3. The number of halogens is 1. The molecule has 1 unspecified atom stereocenters. The zero-order chi connectivity index (χ0) is 30.1. The van der Waals surface area contributed by atoms with Gasteiger partial charge >= 0.3 is 25.8 Å². The fourth-order valence-corrected chi connectivity index (χ4v) is 4.68. The van der Waals surface area contributed by atoms with Gasteiger partial charge in [0.05, 0.1) is 12.2 Å². The maximum atomic E-state index is 15.8. The van der Waals surface area contributed by atoms with Crippen LogP contribution in [0.3, 0.4) is 0 Å². The normalized spacial score (nSPS) is 29.0. The summed E-state index contributed by atoms with van der Waals surface area (Å²) in [5.74, 6) is -1.70. The summed E-state index contributed by atoms with van der Waals surface area (Å²) < 4.78 is 67.6. The van der Waals surface area contributed by atoms with Crippen molar-refractivity contribution < 1.29 is 66.0 Å². The lowest BCUT2D eigenvalue weighted by Crippen LogP contribution is -2.52. The molecular formula is C21H26FN2O15P. The monoisotopic (exact) mass is 596 g/mol. The fraction of sp³-hybridized carbons (Fsp3) is 0.619. The number of phosphoric ester groups is 1. The van der Waals surface area contributed by atoms with Gasteiger partial charge in [0.1, 0.15) is 0 Å². The third-order valence-corrected chi connectivity index (χ3v) is 6.68. The van der Waals surface area contributed by atoms with Crippen LogP contribution in [-0.2, 0) is 41.8 Å². The maximum Gasteiger partial charge on any atom is 0.510 e. The Hall–Kier alpha value is -3.30. The number of carbonyl (C=O) groups is 2. The standard InChI is InChI=1S/C21H26FN2O15P/c1-6-19(29)15(24-8-7-13(25)23-16(24)26)38-21(22)14(20(19,21)30)39-40(31,34-9-32-17(27)36-11(2)3)35-10-33-18(28)37-12(4)5/h1,7-8,11-12,14-15,29-30H,9-10H2,2-5H3,(H,23,25,26)/t14?,15-,19+,20+,21-/m1/s1. The largest absolute Gasteiger partial charge is 0.510 e. The molecule has 1 aliphatic carbocycles. The smallest absolute Gasteiger partial charge is 0.432 e. The molecule has 2 fully saturated rings. The SMILES string of the molecule is C#C[C@]1(O)[C@H](n2ccc(=O)[nH]c2=O)O[C@]2(F)C(OP(=O)(OCOC(=O)OC(C)C)OCOC(=O)OC(C)C)[C@@]21O. The van der Waals surface area contributed by atoms with Crippen molar-refractivity contribution in [3.8, 4) is 12.3 Å². The van der Waals surface area contributed by atoms with Crippen LogP contribution in [0.2, 0.25) is 0 Å². The molecule has 2 aliphatic rings. The lowest BCUT2D eigenvalue weighted by atomic mass is 9.93. The summed E-state index contributed by atoms with van der Waals surface area (Å²) in [5.41, 5.74) is -8.26. The first-order chi connectivity index (χ1) is 18.5. The van der Waals surface area contributed by atoms with Crippen molar-refractivity contribution in [3.05, 3.63) is 33.1 Å². The van der Waals surface area contributed by atoms with E-state index in [9.17, 15) is 34.0 Å². The van der Waals surface area contributed by atoms with Crippen molar-refractivity contribution in [1.29, 1.82) is 0 Å². The summed E-state index contributed by atoms with van der Waals surface area (Å²) in [4.78, 5) is 48.5. The number of hydrogen-bond donors (Lipinski definition) is 3. The van der Waals surface area contributed by atoms with Crippen LogP contribution in [-0.4, -0.2) is 81.0 Å². The second-order valence-electron chi connectivity index (χ2n) is 8.86. The number of H-pyrrole nitrogens is 1. The number of aromatic amines is 1. The number of ether oxygens (including phenoxy) is 5. The Bertz CT molecular complexity index is 1310. The second kappa shape index (κ2) is 11.3. The number of hydrogen-bond acceptors (Lipinski definition) is 15. The van der Waals surface area contributed by atoms with E-state index in [1.54, 1.807) is 5.92 Å². The summed E-state index contributed by atoms with van der Waals surface area (Å²) in [5, 5.41) is 22.1. The van der Waals surface area contributed by atoms with E-state index in [-0.39, 0.29) is 0 Å². The molecule has 1 aliphatic heterocycles. The van der Waals surface area contributed by atoms with Gasteiger partial charge in [-0.1, -0.05) is 5.92 Å². The number of phosphoric acid groups is 1. The average molecular weight is 596 g/mol. The van der Waals surface area contributed by atoms with E-state index in [0.717, 1.165) is 12.3 Å². The molecule has 0 aromatic carbocycles. The Labute approximate surface area is 224 Å². The van der Waals surface area contributed by atoms with Gasteiger partial charge in [0.25, 0.3) is 11.4 Å². The molecule has 5 atom stereocenters. The first-order valence-electron chi connectivity index (χ1n) is 11.4. The van der Waals surface area contributed by atoms with Crippen LogP contribution >= 0.6 is 7.82 Å². The van der Waals surface area contributed by atoms with Crippen molar-refractivity contribution in [2.75, 3.05) is 13.6 Å². The first kappa shape index (κ1) is 31.2. The highest BCUT2D eigenvalue weighted by Gasteiger charge is 2.97. The highest BCUT2D eigenvalue weighted by Crippen LogP contribution is 2.72. The second-order valence-corrected chi connectivity index (χ2v) is 10.5. The molecule has 3 rings (SSSR count). The minimum atomic E-state index is -5.15. The molecule has 3 N–H and O–H groups in total. The van der Waals surface area contributed by atoms with Crippen LogP contribution in [0.25, 0.3) is 0 Å². The number of fused-ring (bicyclic) bond motifs is 1. The molecule has 0 bridgehead atoms. The van der Waals surface area contributed by atoms with Gasteiger partial charge in [0.15, 0.2) is 12.3 Å². The lowest BCUT2D eigenvalue weighted by Gasteiger charge is -2.31. The fourth-order valence-electron chi connectivity index (χ4n) is 3.57. The molecule has 0 radical (unpaired) electrons. The van der Waals surface area contributed by atoms with E-state index in [1.807, 2.05) is 4.98 Å². The number of nitrogens with one attached hydrogen (secondary N) is 1. The summed E-state index contributed by atoms with van der Waals surface area (Å²) in [6, 6.07) is 0.832. The lowest BCUT2D eigenvalue weighted by molar-refractivity contribution is -0.171. The van der Waals surface area contributed by atoms with Crippen molar-refractivity contribution in [2.24, 2.45) is 0 Å². The van der Waals surface area contributed by atoms with Gasteiger partial charge in [-0.25, -0.2) is 32.4 Å². The quantitative estimate of drug-likeness (QED) is 0.136. The van der Waals surface area contributed by atoms with Crippen LogP contribution in [0.15, 0.2) is 21.9 Å². The molecule has 1 aromatic rings. The van der Waals surface area contributed by atoms with Gasteiger partial charge in [-0.2, -0.15) is 0 Å². The maximum absolute atomic E-state index is 15.8. The number of terminal acetylenes is 1. The van der Waals surface area contributed by atoms with Gasteiger partial charge in [0, 0.05) is 12.3 Å². The van der Waals surface area contributed by atoms with E-state index < -0.39 is 86.6 Å². The predicted octanol–water partition coefficient (Wildman–Crippen LogP) is 0.405. The Morgan fingerprint density at radius 3 is 2.12 bits per heavy atom. The van der Waals surface area contributed by atoms with Gasteiger partial charge in [-0.15, -0.1) is 6.42 Å². The minimum absolute atomic E-state index is 0.499. The first-order valence-corrected chi connectivity index (χ1v) is 12.8. The number of aliphatic hydroxyl groups is 2. The molecule has 0 spiro atoms. The van der Waals surface area contributed by atoms with Crippen LogP contribution in [0.5, 0.6) is 0 Å². The van der Waals surface area contributed by atoms with Crippen LogP contribution < -0.4 is 11.2 Å². The predicted molar refractivity (Wildman–Crippen MR) is 124 cm³/mol. The summed E-state index contributed by atoms with van der Waals surface area (Å²) in [6.45, 7) is 3.67. The molecule has 17 nitrogen and oxygen atoms in total. The van der Waals surface area contributed by atoms with Crippen LogP contribution in [0.4, 0.5) is 14.0 Å². The minimum Gasteiger partial charge on any atom is -0.432 e. The topological polar surface area (TPSA) is 220 Å². The number of nitrogens with zero attached hydrogens (tertiary/aromatic N) is 1.